The van der Waals surface area contributed by atoms with E-state index >= 15 is 0 Å². The maximum Gasteiger partial charge on any atom is 0.341 e. The Balaban J connectivity index is 1.27. The van der Waals surface area contributed by atoms with Gasteiger partial charge in [-0.05, 0) is 78.7 Å². The zero-order valence-electron chi connectivity index (χ0n) is 27.3. The molecule has 0 saturated heterocycles. The molecule has 4 N–H and O–H groups in total. The lowest BCUT2D eigenvalue weighted by molar-refractivity contribution is -0.114. The van der Waals surface area contributed by atoms with E-state index in [1.807, 2.05) is 6.07 Å². The lowest BCUT2D eigenvalue weighted by atomic mass is 10.1. The lowest BCUT2D eigenvalue weighted by Crippen LogP contribution is -2.30. The van der Waals surface area contributed by atoms with Crippen molar-refractivity contribution in [2.45, 2.75) is 11.8 Å². The van der Waals surface area contributed by atoms with Crippen molar-refractivity contribution in [3.05, 3.63) is 147 Å². The maximum atomic E-state index is 13.5. The molecule has 10 nitrogen and oxygen atoms in total. The number of rotatable bonds is 12. The van der Waals surface area contributed by atoms with Gasteiger partial charge in [0.25, 0.3) is 17.7 Å². The molecule has 0 aliphatic carbocycles. The third-order valence-electron chi connectivity index (χ3n) is 7.18. The Morgan fingerprint density at radius 3 is 2.18 bits per heavy atom. The Hall–Kier alpha value is -5.69. The zero-order valence-corrected chi connectivity index (χ0v) is 29.7. The zero-order chi connectivity index (χ0) is 36.3. The van der Waals surface area contributed by atoms with Gasteiger partial charge in [0, 0.05) is 26.9 Å². The van der Waals surface area contributed by atoms with Gasteiger partial charge >= 0.3 is 5.97 Å². The minimum atomic E-state index is -0.683. The van der Waals surface area contributed by atoms with Gasteiger partial charge in [-0.1, -0.05) is 66.2 Å². The van der Waals surface area contributed by atoms with Gasteiger partial charge in [-0.3, -0.25) is 19.2 Å². The highest BCUT2D eigenvalue weighted by atomic mass is 35.5. The number of carbonyl (C=O) groups excluding carboxylic acids is 5. The number of nitrogens with one attached hydrogen (secondary N) is 4. The Bertz CT molecular complexity index is 2120. The standard InChI is InChI=1S/C38H31ClN4O6S2/c1-23-32(38(48)49-2)37(51-33(23)36(47)40-27-15-7-4-8-16-27)43-31(44)22-50-29-18-10-17-28(21-29)41-35(46)30(20-24-11-9-14-26(39)19-24)42-34(45)25-12-5-3-6-13-25/h3-21H,22H2,1-2H3,(H,40,47)(H,41,46)(H,42,45)(H,43,44)/b30-20-. The fraction of sp³-hybridized carbons (Fsp3) is 0.0789. The SMILES string of the molecule is COC(=O)c1c(NC(=O)CSc2cccc(NC(=O)/C(=C/c3cccc(Cl)c3)NC(=O)c3ccccc3)c2)sc(C(=O)Nc2ccccc2)c1C. The molecule has 0 saturated carbocycles. The minimum Gasteiger partial charge on any atom is -0.465 e. The van der Waals surface area contributed by atoms with E-state index in [-0.39, 0.29) is 26.9 Å². The van der Waals surface area contributed by atoms with Crippen LogP contribution in [-0.2, 0) is 14.3 Å². The molecule has 258 valence electrons. The van der Waals surface area contributed by atoms with Crippen LogP contribution in [0.3, 0.4) is 0 Å². The predicted octanol–water partition coefficient (Wildman–Crippen LogP) is 7.89. The topological polar surface area (TPSA) is 143 Å². The normalized spacial score (nSPS) is 10.9. The van der Waals surface area contributed by atoms with Crippen LogP contribution in [0.1, 0.15) is 41.5 Å². The number of hydrogen-bond acceptors (Lipinski definition) is 8. The van der Waals surface area contributed by atoms with Crippen molar-refractivity contribution in [2.24, 2.45) is 0 Å². The molecule has 1 aromatic heterocycles. The number of methoxy groups -OCH3 is 1. The molecule has 0 bridgehead atoms. The molecule has 5 rings (SSSR count). The number of anilines is 3. The van der Waals surface area contributed by atoms with Crippen molar-refractivity contribution in [2.75, 3.05) is 28.8 Å². The summed E-state index contributed by atoms with van der Waals surface area (Å²) < 4.78 is 4.94. The number of ether oxygens (including phenoxy) is 1. The van der Waals surface area contributed by atoms with Crippen molar-refractivity contribution in [3.8, 4) is 0 Å². The molecule has 0 aliphatic heterocycles. The molecular formula is C38H31ClN4O6S2. The van der Waals surface area contributed by atoms with Gasteiger partial charge in [0.15, 0.2) is 0 Å². The van der Waals surface area contributed by atoms with E-state index < -0.39 is 29.6 Å². The number of benzene rings is 4. The van der Waals surface area contributed by atoms with E-state index in [0.717, 1.165) is 11.3 Å². The smallest absolute Gasteiger partial charge is 0.341 e. The first-order valence-electron chi connectivity index (χ1n) is 15.4. The molecule has 5 aromatic rings. The molecule has 4 amide bonds. The molecule has 13 heteroatoms. The van der Waals surface area contributed by atoms with E-state index in [0.29, 0.717) is 38.0 Å². The first-order chi connectivity index (χ1) is 24.6. The van der Waals surface area contributed by atoms with Crippen LogP contribution in [0.2, 0.25) is 5.02 Å². The van der Waals surface area contributed by atoms with Crippen LogP contribution in [0.5, 0.6) is 0 Å². The number of halogens is 1. The predicted molar refractivity (Wildman–Crippen MR) is 203 cm³/mol. The number of para-hydroxylation sites is 1. The van der Waals surface area contributed by atoms with E-state index in [1.165, 1.54) is 24.9 Å². The van der Waals surface area contributed by atoms with E-state index in [9.17, 15) is 24.0 Å². The quantitative estimate of drug-likeness (QED) is 0.0579. The third-order valence-corrected chi connectivity index (χ3v) is 9.61. The number of carbonyl (C=O) groups is 5. The second-order valence-electron chi connectivity index (χ2n) is 10.8. The van der Waals surface area contributed by atoms with Gasteiger partial charge < -0.3 is 26.0 Å². The van der Waals surface area contributed by atoms with E-state index in [2.05, 4.69) is 21.3 Å². The minimum absolute atomic E-state index is 0.00646. The van der Waals surface area contributed by atoms with Crippen LogP contribution < -0.4 is 21.3 Å². The molecule has 0 unspecified atom stereocenters. The van der Waals surface area contributed by atoms with Crippen LogP contribution in [0.25, 0.3) is 6.08 Å². The van der Waals surface area contributed by atoms with Crippen molar-refractivity contribution < 1.29 is 28.7 Å². The largest absolute Gasteiger partial charge is 0.465 e. The second kappa shape index (κ2) is 17.3. The average Bonchev–Trinajstić information content (AvgIpc) is 3.46. The summed E-state index contributed by atoms with van der Waals surface area (Å²) in [6.45, 7) is 1.62. The summed E-state index contributed by atoms with van der Waals surface area (Å²) >= 11 is 8.32. The summed E-state index contributed by atoms with van der Waals surface area (Å²) in [4.78, 5) is 66.2. The van der Waals surface area contributed by atoms with Crippen molar-refractivity contribution in [1.29, 1.82) is 0 Å². The number of thiophene rings is 1. The van der Waals surface area contributed by atoms with Crippen LogP contribution in [0.4, 0.5) is 16.4 Å². The second-order valence-corrected chi connectivity index (χ2v) is 13.3. The van der Waals surface area contributed by atoms with Crippen LogP contribution >= 0.6 is 34.7 Å². The molecule has 4 aromatic carbocycles. The number of thioether (sulfide) groups is 1. The molecule has 0 spiro atoms. The van der Waals surface area contributed by atoms with Gasteiger partial charge in [0.2, 0.25) is 5.91 Å². The Morgan fingerprint density at radius 2 is 1.47 bits per heavy atom. The molecule has 0 atom stereocenters. The number of esters is 1. The fourth-order valence-electron chi connectivity index (χ4n) is 4.75. The lowest BCUT2D eigenvalue weighted by Gasteiger charge is -2.12. The highest BCUT2D eigenvalue weighted by Crippen LogP contribution is 2.35. The number of hydrogen-bond donors (Lipinski definition) is 4. The molecule has 1 heterocycles. The van der Waals surface area contributed by atoms with Crippen molar-refractivity contribution in [3.63, 3.8) is 0 Å². The van der Waals surface area contributed by atoms with Gasteiger partial charge in [0.05, 0.1) is 23.3 Å². The van der Waals surface area contributed by atoms with Crippen molar-refractivity contribution >= 4 is 86.7 Å². The van der Waals surface area contributed by atoms with Crippen molar-refractivity contribution in [1.82, 2.24) is 5.32 Å². The monoisotopic (exact) mass is 738 g/mol. The summed E-state index contributed by atoms with van der Waals surface area (Å²) in [5, 5.41) is 11.7. The summed E-state index contributed by atoms with van der Waals surface area (Å²) in [5.41, 5.74) is 2.47. The van der Waals surface area contributed by atoms with E-state index in [1.54, 1.807) is 110 Å². The molecule has 0 radical (unpaired) electrons. The van der Waals surface area contributed by atoms with Crippen LogP contribution in [-0.4, -0.2) is 42.5 Å². The molecule has 0 aliphatic rings. The molecule has 0 fully saturated rings. The van der Waals surface area contributed by atoms with E-state index in [4.69, 9.17) is 16.3 Å². The first-order valence-corrected chi connectivity index (χ1v) is 17.5. The Kier molecular flexibility index (Phi) is 12.4. The summed E-state index contributed by atoms with van der Waals surface area (Å²) in [7, 11) is 1.23. The maximum absolute atomic E-state index is 13.5. The Labute approximate surface area is 307 Å². The van der Waals surface area contributed by atoms with Gasteiger partial charge in [0.1, 0.15) is 10.7 Å². The number of amides is 4. The van der Waals surface area contributed by atoms with Gasteiger partial charge in [-0.25, -0.2) is 4.79 Å². The Morgan fingerprint density at radius 1 is 0.784 bits per heavy atom. The summed E-state index contributed by atoms with van der Waals surface area (Å²) in [6, 6.07) is 31.1. The molecular weight excluding hydrogens is 708 g/mol. The fourth-order valence-corrected chi connectivity index (χ4v) is 6.81. The van der Waals surface area contributed by atoms with Gasteiger partial charge in [-0.2, -0.15) is 0 Å². The molecule has 51 heavy (non-hydrogen) atoms. The summed E-state index contributed by atoms with van der Waals surface area (Å²) in [6.07, 6.45) is 1.52. The van der Waals surface area contributed by atoms with Gasteiger partial charge in [-0.15, -0.1) is 23.1 Å². The summed E-state index contributed by atoms with van der Waals surface area (Å²) in [5.74, 6) is -2.62. The average molecular weight is 739 g/mol. The highest BCUT2D eigenvalue weighted by molar-refractivity contribution is 8.00. The first kappa shape index (κ1) is 36.6. The van der Waals surface area contributed by atoms with Crippen LogP contribution in [0, 0.1) is 6.92 Å². The highest BCUT2D eigenvalue weighted by Gasteiger charge is 2.26. The third kappa shape index (κ3) is 9.94. The van der Waals surface area contributed by atoms with Crippen LogP contribution in [0.15, 0.2) is 120 Å².